The molecule has 2 bridgehead atoms. The van der Waals surface area contributed by atoms with Crippen LogP contribution in [0.3, 0.4) is 0 Å². The van der Waals surface area contributed by atoms with E-state index in [-0.39, 0.29) is 29.6 Å². The van der Waals surface area contributed by atoms with Gasteiger partial charge in [-0.1, -0.05) is 26.8 Å². The van der Waals surface area contributed by atoms with E-state index in [0.717, 1.165) is 22.7 Å². The number of nitrogens with zero attached hydrogens (tertiary/aromatic N) is 5. The van der Waals surface area contributed by atoms with Crippen molar-refractivity contribution >= 4 is 23.5 Å². The molecule has 3 aliphatic heterocycles. The summed E-state index contributed by atoms with van der Waals surface area (Å²) in [6.45, 7) is 6.23. The van der Waals surface area contributed by atoms with Crippen molar-refractivity contribution in [1.82, 2.24) is 19.6 Å². The molecule has 3 saturated heterocycles. The minimum absolute atomic E-state index is 0.127. The molecule has 180 valence electrons. The molecule has 0 N–H and O–H groups in total. The van der Waals surface area contributed by atoms with E-state index in [9.17, 15) is 27.6 Å². The van der Waals surface area contributed by atoms with Gasteiger partial charge in [0.05, 0.1) is 29.0 Å². The predicted octanol–water partition coefficient (Wildman–Crippen LogP) is 3.17. The van der Waals surface area contributed by atoms with E-state index in [1.807, 2.05) is 20.8 Å². The lowest BCUT2D eigenvalue weighted by atomic mass is 9.92. The molecule has 0 saturated carbocycles. The molecule has 0 spiro atoms. The Labute approximate surface area is 193 Å². The first-order valence-corrected chi connectivity index (χ1v) is 11.0. The van der Waals surface area contributed by atoms with Gasteiger partial charge in [-0.2, -0.15) is 18.3 Å². The van der Waals surface area contributed by atoms with Gasteiger partial charge in [-0.05, 0) is 30.7 Å². The summed E-state index contributed by atoms with van der Waals surface area (Å²) in [5.74, 6) is -0.898. The maximum absolute atomic E-state index is 13.4. The van der Waals surface area contributed by atoms with Crippen molar-refractivity contribution in [2.75, 3.05) is 11.4 Å². The lowest BCUT2D eigenvalue weighted by Gasteiger charge is -2.34. The Morgan fingerprint density at radius 3 is 2.44 bits per heavy atom. The molecule has 11 heteroatoms. The van der Waals surface area contributed by atoms with Crippen LogP contribution in [0.15, 0.2) is 30.3 Å². The van der Waals surface area contributed by atoms with Crippen molar-refractivity contribution in [2.24, 2.45) is 7.05 Å². The topological polar surface area (TPSA) is 78.8 Å². The largest absolute Gasteiger partial charge is 0.416 e. The number of likely N-dealkylation sites (tertiary alicyclic amines) is 1. The van der Waals surface area contributed by atoms with Crippen molar-refractivity contribution in [2.45, 2.75) is 56.9 Å². The van der Waals surface area contributed by atoms with E-state index in [2.05, 4.69) is 5.10 Å². The van der Waals surface area contributed by atoms with E-state index < -0.39 is 35.8 Å². The number of benzene rings is 1. The molecule has 34 heavy (non-hydrogen) atoms. The summed E-state index contributed by atoms with van der Waals surface area (Å²) in [4.78, 5) is 43.6. The van der Waals surface area contributed by atoms with E-state index >= 15 is 0 Å². The van der Waals surface area contributed by atoms with Crippen LogP contribution < -0.4 is 4.90 Å². The number of alkyl halides is 3. The maximum Gasteiger partial charge on any atom is 0.416 e. The Bertz CT molecular complexity index is 1220. The van der Waals surface area contributed by atoms with Gasteiger partial charge in [0.25, 0.3) is 11.8 Å². The summed E-state index contributed by atoms with van der Waals surface area (Å²) in [5.41, 5.74) is -0.180. The number of urea groups is 1. The summed E-state index contributed by atoms with van der Waals surface area (Å²) < 4.78 is 41.0. The molecule has 0 radical (unpaired) electrons. The maximum atomic E-state index is 13.4. The fraction of sp³-hybridized carbons (Fsp3) is 0.478. The van der Waals surface area contributed by atoms with Crippen molar-refractivity contribution in [3.8, 4) is 0 Å². The number of aryl methyl sites for hydroxylation is 1. The second-order valence-electron chi connectivity index (χ2n) is 10.1. The van der Waals surface area contributed by atoms with Crippen LogP contribution in [0.1, 0.15) is 48.9 Å². The van der Waals surface area contributed by atoms with Gasteiger partial charge in [0.15, 0.2) is 0 Å². The van der Waals surface area contributed by atoms with Crippen LogP contribution in [0, 0.1) is 0 Å². The van der Waals surface area contributed by atoms with Gasteiger partial charge in [-0.15, -0.1) is 0 Å². The highest BCUT2D eigenvalue weighted by Gasteiger charge is 2.63. The third-order valence-corrected chi connectivity index (χ3v) is 6.82. The van der Waals surface area contributed by atoms with Crippen LogP contribution in [0.4, 0.5) is 23.7 Å². The first-order chi connectivity index (χ1) is 15.8. The molecule has 5 rings (SSSR count). The first kappa shape index (κ1) is 22.4. The molecule has 1 unspecified atom stereocenters. The summed E-state index contributed by atoms with van der Waals surface area (Å²) in [6, 6.07) is 3.42. The monoisotopic (exact) mass is 475 g/mol. The second-order valence-corrected chi connectivity index (χ2v) is 10.1. The third kappa shape index (κ3) is 3.20. The smallest absolute Gasteiger partial charge is 0.330 e. The highest BCUT2D eigenvalue weighted by atomic mass is 19.4. The molecular weight excluding hydrogens is 451 g/mol. The van der Waals surface area contributed by atoms with Crippen LogP contribution in [0.25, 0.3) is 0 Å². The quantitative estimate of drug-likeness (QED) is 0.625. The van der Waals surface area contributed by atoms with Gasteiger partial charge >= 0.3 is 12.2 Å². The average Bonchev–Trinajstić information content (AvgIpc) is 3.48. The number of anilines is 1. The number of fused-ring (bicyclic) bond motifs is 5. The Kier molecular flexibility index (Phi) is 4.66. The van der Waals surface area contributed by atoms with E-state index in [1.54, 1.807) is 18.0 Å². The van der Waals surface area contributed by atoms with Gasteiger partial charge in [0.1, 0.15) is 11.7 Å². The van der Waals surface area contributed by atoms with Crippen molar-refractivity contribution < 1.29 is 27.6 Å². The van der Waals surface area contributed by atoms with Crippen LogP contribution in [0.5, 0.6) is 0 Å². The molecule has 3 atom stereocenters. The number of aromatic nitrogens is 2. The van der Waals surface area contributed by atoms with E-state index in [4.69, 9.17) is 0 Å². The third-order valence-electron chi connectivity index (χ3n) is 6.82. The number of carbonyl (C=O) groups excluding carboxylic acids is 3. The summed E-state index contributed by atoms with van der Waals surface area (Å²) in [5, 5.41) is 4.45. The minimum Gasteiger partial charge on any atom is -0.330 e. The van der Waals surface area contributed by atoms with Crippen LogP contribution >= 0.6 is 0 Å². The SMILES string of the molecule is Cn1nc(C(C)(C)C)cc1C(=O)N1CC2C[C@@H]1[C@@H]1C(=O)N(c3cccc(C(F)(F)F)c3)C(=O)N21. The summed E-state index contributed by atoms with van der Waals surface area (Å²) >= 11 is 0. The van der Waals surface area contributed by atoms with E-state index in [1.165, 1.54) is 21.7 Å². The fourth-order valence-corrected chi connectivity index (χ4v) is 5.13. The summed E-state index contributed by atoms with van der Waals surface area (Å²) in [7, 11) is 1.68. The van der Waals surface area contributed by atoms with Crippen LogP contribution in [-0.4, -0.2) is 62.1 Å². The number of imide groups is 1. The standard InChI is InChI=1S/C23H24F3N5O3/c1-22(2,3)17-10-16(28(4)27-17)19(32)29-11-14-9-15(29)18-20(33)31(21(34)30(14)18)13-7-5-6-12(8-13)23(24,25)26/h5-8,10,14-15,18H,9,11H2,1-4H3/t14?,15-,18-/m1/s1. The van der Waals surface area contributed by atoms with Gasteiger partial charge in [0, 0.05) is 19.0 Å². The van der Waals surface area contributed by atoms with Crippen molar-refractivity contribution in [1.29, 1.82) is 0 Å². The molecule has 1 aromatic carbocycles. The Balaban J connectivity index is 1.43. The number of rotatable bonds is 2. The first-order valence-electron chi connectivity index (χ1n) is 11.0. The number of halogens is 3. The highest BCUT2D eigenvalue weighted by Crippen LogP contribution is 2.43. The fourth-order valence-electron chi connectivity index (χ4n) is 5.13. The zero-order valence-corrected chi connectivity index (χ0v) is 19.1. The molecule has 3 aliphatic rings. The number of amides is 4. The lowest BCUT2D eigenvalue weighted by molar-refractivity contribution is -0.137. The zero-order chi connectivity index (χ0) is 24.7. The summed E-state index contributed by atoms with van der Waals surface area (Å²) in [6.07, 6.45) is -4.15. The Hall–Kier alpha value is -3.37. The number of carbonyl (C=O) groups is 3. The molecule has 4 amide bonds. The number of piperazine rings is 1. The minimum atomic E-state index is -4.60. The molecule has 0 aliphatic carbocycles. The van der Waals surface area contributed by atoms with Crippen LogP contribution in [0.2, 0.25) is 0 Å². The van der Waals surface area contributed by atoms with Crippen molar-refractivity contribution in [3.05, 3.63) is 47.3 Å². The predicted molar refractivity (Wildman–Crippen MR) is 115 cm³/mol. The number of hydrogen-bond acceptors (Lipinski definition) is 4. The van der Waals surface area contributed by atoms with Gasteiger partial charge in [0.2, 0.25) is 0 Å². The Morgan fingerprint density at radius 1 is 1.12 bits per heavy atom. The normalized spacial score (nSPS) is 24.4. The van der Waals surface area contributed by atoms with Gasteiger partial charge < -0.3 is 9.80 Å². The molecule has 4 heterocycles. The molecule has 1 aromatic heterocycles. The highest BCUT2D eigenvalue weighted by molar-refractivity contribution is 6.22. The van der Waals surface area contributed by atoms with Gasteiger partial charge in [-0.3, -0.25) is 14.3 Å². The Morgan fingerprint density at radius 2 is 1.82 bits per heavy atom. The van der Waals surface area contributed by atoms with Crippen LogP contribution in [-0.2, 0) is 23.4 Å². The second kappa shape index (κ2) is 7.07. The zero-order valence-electron chi connectivity index (χ0n) is 19.1. The van der Waals surface area contributed by atoms with E-state index in [0.29, 0.717) is 12.1 Å². The van der Waals surface area contributed by atoms with Gasteiger partial charge in [-0.25, -0.2) is 9.69 Å². The average molecular weight is 475 g/mol. The molecular formula is C23H24F3N5O3. The molecule has 3 fully saturated rings. The number of hydrogen-bond donors (Lipinski definition) is 0. The lowest BCUT2D eigenvalue weighted by Crippen LogP contribution is -2.55. The molecule has 8 nitrogen and oxygen atoms in total. The van der Waals surface area contributed by atoms with Crippen molar-refractivity contribution in [3.63, 3.8) is 0 Å². The molecule has 2 aromatic rings.